The second-order valence-electron chi connectivity index (χ2n) is 4.19. The lowest BCUT2D eigenvalue weighted by Crippen LogP contribution is -2.15. The third-order valence-electron chi connectivity index (χ3n) is 2.55. The highest BCUT2D eigenvalue weighted by atomic mass is 16.1. The van der Waals surface area contributed by atoms with Crippen molar-refractivity contribution in [2.75, 3.05) is 0 Å². The van der Waals surface area contributed by atoms with Crippen LogP contribution in [0.4, 0.5) is 0 Å². The Bertz CT molecular complexity index is 407. The zero-order valence-electron chi connectivity index (χ0n) is 10.3. The molecule has 0 aliphatic rings. The van der Waals surface area contributed by atoms with Gasteiger partial charge in [0.25, 0.3) is 0 Å². The van der Waals surface area contributed by atoms with Gasteiger partial charge >= 0.3 is 0 Å². The number of Topliss-reactive ketones (excluding diaryl/α,β-unsaturated/α-hetero) is 2. The van der Waals surface area contributed by atoms with Crippen LogP contribution in [-0.4, -0.2) is 21.3 Å². The number of hydrogen-bond acceptors (Lipinski definition) is 3. The Hall–Kier alpha value is -1.45. The van der Waals surface area contributed by atoms with Crippen LogP contribution in [0, 0.1) is 5.92 Å². The van der Waals surface area contributed by atoms with Gasteiger partial charge in [0.15, 0.2) is 5.78 Å². The average molecular weight is 222 g/mol. The topological polar surface area (TPSA) is 52.0 Å². The first-order valence-electron chi connectivity index (χ1n) is 5.51. The van der Waals surface area contributed by atoms with Crippen molar-refractivity contribution in [3.8, 4) is 0 Å². The molecule has 0 aromatic carbocycles. The van der Waals surface area contributed by atoms with Crippen LogP contribution in [0.5, 0.6) is 0 Å². The SMILES string of the molecule is CCc1nn(C)cc1C(=O)C(C)CC(C)=O. The third kappa shape index (κ3) is 2.78. The molecule has 16 heavy (non-hydrogen) atoms. The van der Waals surface area contributed by atoms with Gasteiger partial charge in [0.2, 0.25) is 0 Å². The molecule has 0 bridgehead atoms. The Morgan fingerprint density at radius 2 is 2.12 bits per heavy atom. The van der Waals surface area contributed by atoms with E-state index >= 15 is 0 Å². The van der Waals surface area contributed by atoms with Gasteiger partial charge in [-0.2, -0.15) is 5.10 Å². The molecule has 4 nitrogen and oxygen atoms in total. The summed E-state index contributed by atoms with van der Waals surface area (Å²) in [7, 11) is 1.80. The number of hydrogen-bond donors (Lipinski definition) is 0. The minimum atomic E-state index is -0.257. The van der Waals surface area contributed by atoms with Gasteiger partial charge < -0.3 is 4.79 Å². The highest BCUT2D eigenvalue weighted by Gasteiger charge is 2.21. The minimum Gasteiger partial charge on any atom is -0.300 e. The number of nitrogens with zero attached hydrogens (tertiary/aromatic N) is 2. The van der Waals surface area contributed by atoms with E-state index in [0.717, 1.165) is 12.1 Å². The Kier molecular flexibility index (Phi) is 3.99. The summed E-state index contributed by atoms with van der Waals surface area (Å²) in [6.45, 7) is 5.26. The number of carbonyl (C=O) groups excluding carboxylic acids is 2. The lowest BCUT2D eigenvalue weighted by molar-refractivity contribution is -0.117. The van der Waals surface area contributed by atoms with Gasteiger partial charge in [-0.3, -0.25) is 9.48 Å². The lowest BCUT2D eigenvalue weighted by atomic mass is 9.95. The molecule has 0 radical (unpaired) electrons. The molecule has 1 rings (SSSR count). The van der Waals surface area contributed by atoms with Gasteiger partial charge in [-0.15, -0.1) is 0 Å². The smallest absolute Gasteiger partial charge is 0.169 e. The third-order valence-corrected chi connectivity index (χ3v) is 2.55. The van der Waals surface area contributed by atoms with Crippen LogP contribution in [0.2, 0.25) is 0 Å². The fraction of sp³-hybridized carbons (Fsp3) is 0.583. The molecule has 1 heterocycles. The standard InChI is InChI=1S/C12H18N2O2/c1-5-11-10(7-14(4)13-11)12(16)8(2)6-9(3)15/h7-8H,5-6H2,1-4H3. The van der Waals surface area contributed by atoms with Gasteiger partial charge in [0.1, 0.15) is 5.78 Å². The molecular formula is C12H18N2O2. The van der Waals surface area contributed by atoms with Crippen molar-refractivity contribution in [3.63, 3.8) is 0 Å². The van der Waals surface area contributed by atoms with Gasteiger partial charge in [-0.1, -0.05) is 13.8 Å². The van der Waals surface area contributed by atoms with Crippen molar-refractivity contribution in [2.24, 2.45) is 13.0 Å². The molecule has 1 aromatic heterocycles. The minimum absolute atomic E-state index is 0.0140. The van der Waals surface area contributed by atoms with E-state index in [9.17, 15) is 9.59 Å². The van der Waals surface area contributed by atoms with Gasteiger partial charge in [0, 0.05) is 25.6 Å². The molecule has 1 unspecified atom stereocenters. The second kappa shape index (κ2) is 5.05. The van der Waals surface area contributed by atoms with Crippen molar-refractivity contribution >= 4 is 11.6 Å². The van der Waals surface area contributed by atoms with Crippen molar-refractivity contribution < 1.29 is 9.59 Å². The maximum Gasteiger partial charge on any atom is 0.169 e. The molecule has 1 atom stereocenters. The van der Waals surface area contributed by atoms with E-state index < -0.39 is 0 Å². The number of ketones is 2. The quantitative estimate of drug-likeness (QED) is 0.713. The molecule has 0 N–H and O–H groups in total. The largest absolute Gasteiger partial charge is 0.300 e. The molecule has 0 saturated heterocycles. The zero-order valence-corrected chi connectivity index (χ0v) is 10.3. The summed E-state index contributed by atoms with van der Waals surface area (Å²) >= 11 is 0. The van der Waals surface area contributed by atoms with Crippen molar-refractivity contribution in [2.45, 2.75) is 33.6 Å². The fourth-order valence-electron chi connectivity index (χ4n) is 1.79. The van der Waals surface area contributed by atoms with E-state index in [1.165, 1.54) is 6.92 Å². The van der Waals surface area contributed by atoms with Crippen molar-refractivity contribution in [3.05, 3.63) is 17.5 Å². The van der Waals surface area contributed by atoms with Crippen LogP contribution in [-0.2, 0) is 18.3 Å². The maximum absolute atomic E-state index is 12.1. The van der Waals surface area contributed by atoms with Crippen LogP contribution in [0.15, 0.2) is 6.20 Å². The van der Waals surface area contributed by atoms with Gasteiger partial charge in [-0.05, 0) is 13.3 Å². The first kappa shape index (κ1) is 12.6. The molecule has 1 aromatic rings. The molecule has 0 aliphatic heterocycles. The zero-order chi connectivity index (χ0) is 12.3. The van der Waals surface area contributed by atoms with E-state index in [1.54, 1.807) is 24.9 Å². The Morgan fingerprint density at radius 3 is 2.62 bits per heavy atom. The summed E-state index contributed by atoms with van der Waals surface area (Å²) in [6, 6.07) is 0. The number of carbonyl (C=O) groups is 2. The molecule has 4 heteroatoms. The van der Waals surface area contributed by atoms with Crippen LogP contribution in [0.1, 0.15) is 43.2 Å². The van der Waals surface area contributed by atoms with Gasteiger partial charge in [0.05, 0.1) is 11.3 Å². The van der Waals surface area contributed by atoms with Crippen molar-refractivity contribution in [1.29, 1.82) is 0 Å². The summed E-state index contributed by atoms with van der Waals surface area (Å²) in [4.78, 5) is 23.0. The summed E-state index contributed by atoms with van der Waals surface area (Å²) < 4.78 is 1.65. The number of aryl methyl sites for hydroxylation is 2. The Balaban J connectivity index is 2.90. The molecule has 0 amide bonds. The number of rotatable bonds is 5. The highest BCUT2D eigenvalue weighted by Crippen LogP contribution is 2.16. The van der Waals surface area contributed by atoms with Crippen LogP contribution in [0.25, 0.3) is 0 Å². The van der Waals surface area contributed by atoms with Gasteiger partial charge in [-0.25, -0.2) is 0 Å². The fourth-order valence-corrected chi connectivity index (χ4v) is 1.79. The summed E-state index contributed by atoms with van der Waals surface area (Å²) in [5.41, 5.74) is 1.46. The highest BCUT2D eigenvalue weighted by molar-refractivity contribution is 6.00. The molecule has 88 valence electrons. The molecule has 0 spiro atoms. The van der Waals surface area contributed by atoms with Crippen molar-refractivity contribution in [1.82, 2.24) is 9.78 Å². The molecular weight excluding hydrogens is 204 g/mol. The van der Waals surface area contributed by atoms with E-state index in [-0.39, 0.29) is 17.5 Å². The average Bonchev–Trinajstić information content (AvgIpc) is 2.57. The number of aromatic nitrogens is 2. The lowest BCUT2D eigenvalue weighted by Gasteiger charge is -2.07. The monoisotopic (exact) mass is 222 g/mol. The summed E-state index contributed by atoms with van der Waals surface area (Å²) in [5, 5.41) is 4.22. The Morgan fingerprint density at radius 1 is 1.50 bits per heavy atom. The normalized spacial score (nSPS) is 12.5. The summed E-state index contributed by atoms with van der Waals surface area (Å²) in [6.07, 6.45) is 2.77. The second-order valence-corrected chi connectivity index (χ2v) is 4.19. The van der Waals surface area contributed by atoms with E-state index in [2.05, 4.69) is 5.10 Å². The predicted octanol–water partition coefficient (Wildman–Crippen LogP) is 1.78. The molecule has 0 aliphatic carbocycles. The first-order valence-corrected chi connectivity index (χ1v) is 5.51. The van der Waals surface area contributed by atoms with E-state index in [1.807, 2.05) is 6.92 Å². The molecule has 0 saturated carbocycles. The first-order chi connectivity index (χ1) is 7.45. The molecule has 0 fully saturated rings. The summed E-state index contributed by atoms with van der Waals surface area (Å²) in [5.74, 6) is -0.199. The Labute approximate surface area is 95.6 Å². The van der Waals surface area contributed by atoms with Crippen LogP contribution >= 0.6 is 0 Å². The predicted molar refractivity (Wildman–Crippen MR) is 61.4 cm³/mol. The maximum atomic E-state index is 12.1. The van der Waals surface area contributed by atoms with Crippen LogP contribution < -0.4 is 0 Å². The van der Waals surface area contributed by atoms with Crippen LogP contribution in [0.3, 0.4) is 0 Å². The van der Waals surface area contributed by atoms with E-state index in [0.29, 0.717) is 12.0 Å². The van der Waals surface area contributed by atoms with E-state index in [4.69, 9.17) is 0 Å².